The number of hydrogen-bond donors (Lipinski definition) is 2. The van der Waals surface area contributed by atoms with E-state index in [0.717, 1.165) is 24.1 Å². The highest BCUT2D eigenvalue weighted by Gasteiger charge is 2.31. The summed E-state index contributed by atoms with van der Waals surface area (Å²) >= 11 is 0. The first-order valence-corrected chi connectivity index (χ1v) is 9.06. The van der Waals surface area contributed by atoms with Gasteiger partial charge in [0, 0.05) is 31.7 Å². The number of nitrogens with one attached hydrogen (secondary N) is 2. The van der Waals surface area contributed by atoms with Crippen molar-refractivity contribution in [3.8, 4) is 6.07 Å². The summed E-state index contributed by atoms with van der Waals surface area (Å²) in [4.78, 5) is 7.33. The molecule has 0 amide bonds. The van der Waals surface area contributed by atoms with Crippen LogP contribution in [0.4, 0.5) is 0 Å². The largest absolute Gasteiger partial charge is 0.357 e. The van der Waals surface area contributed by atoms with Gasteiger partial charge in [-0.15, -0.1) is 24.0 Å². The fourth-order valence-electron chi connectivity index (χ4n) is 3.27. The highest BCUT2D eigenvalue weighted by molar-refractivity contribution is 14.0. The van der Waals surface area contributed by atoms with Crippen LogP contribution in [0.2, 0.25) is 0 Å². The van der Waals surface area contributed by atoms with Gasteiger partial charge >= 0.3 is 0 Å². The van der Waals surface area contributed by atoms with E-state index in [1.165, 1.54) is 38.8 Å². The van der Waals surface area contributed by atoms with Crippen LogP contribution < -0.4 is 10.6 Å². The zero-order chi connectivity index (χ0) is 16.8. The van der Waals surface area contributed by atoms with Gasteiger partial charge in [-0.1, -0.05) is 12.1 Å². The Morgan fingerprint density at radius 1 is 1.28 bits per heavy atom. The molecule has 1 aromatic rings. The van der Waals surface area contributed by atoms with Gasteiger partial charge in [0.25, 0.3) is 0 Å². The maximum Gasteiger partial charge on any atom is 0.191 e. The van der Waals surface area contributed by atoms with E-state index in [0.29, 0.717) is 18.2 Å². The van der Waals surface area contributed by atoms with Crippen LogP contribution in [-0.2, 0) is 6.54 Å². The van der Waals surface area contributed by atoms with E-state index in [9.17, 15) is 0 Å². The van der Waals surface area contributed by atoms with E-state index in [1.807, 2.05) is 24.3 Å². The van der Waals surface area contributed by atoms with E-state index in [2.05, 4.69) is 28.5 Å². The third-order valence-corrected chi connectivity index (χ3v) is 4.75. The molecule has 2 aliphatic rings. The van der Waals surface area contributed by atoms with Crippen LogP contribution in [0.5, 0.6) is 0 Å². The van der Waals surface area contributed by atoms with Gasteiger partial charge < -0.3 is 15.5 Å². The number of benzene rings is 1. The number of guanidine groups is 1. The molecule has 136 valence electrons. The molecule has 0 atom stereocenters. The number of nitriles is 1. The van der Waals surface area contributed by atoms with Gasteiger partial charge in [0.05, 0.1) is 18.2 Å². The second kappa shape index (κ2) is 9.97. The Bertz CT molecular complexity index is 612. The first-order chi connectivity index (χ1) is 11.8. The lowest BCUT2D eigenvalue weighted by molar-refractivity contribution is 0.197. The molecule has 0 bridgehead atoms. The average molecular weight is 453 g/mol. The maximum atomic E-state index is 8.99. The average Bonchev–Trinajstić information content (AvgIpc) is 3.46. The summed E-state index contributed by atoms with van der Waals surface area (Å²) in [6.45, 7) is 5.93. The maximum absolute atomic E-state index is 8.99. The van der Waals surface area contributed by atoms with Crippen LogP contribution in [0.15, 0.2) is 29.3 Å². The summed E-state index contributed by atoms with van der Waals surface area (Å²) in [5, 5.41) is 15.9. The van der Waals surface area contributed by atoms with Crippen LogP contribution >= 0.6 is 24.0 Å². The third kappa shape index (κ3) is 6.15. The monoisotopic (exact) mass is 453 g/mol. The number of nitrogens with zero attached hydrogens (tertiary/aromatic N) is 3. The fourth-order valence-corrected chi connectivity index (χ4v) is 3.27. The molecule has 2 N–H and O–H groups in total. The molecule has 6 heteroatoms. The second-order valence-corrected chi connectivity index (χ2v) is 6.69. The second-order valence-electron chi connectivity index (χ2n) is 6.69. The van der Waals surface area contributed by atoms with Crippen molar-refractivity contribution in [2.45, 2.75) is 51.2 Å². The summed E-state index contributed by atoms with van der Waals surface area (Å²) in [5.74, 6) is 0.879. The Morgan fingerprint density at radius 2 is 2.04 bits per heavy atom. The quantitative estimate of drug-likeness (QED) is 0.409. The highest BCUT2D eigenvalue weighted by Crippen LogP contribution is 2.29. The molecular formula is C19H28IN5. The molecule has 1 saturated carbocycles. The van der Waals surface area contributed by atoms with Crippen molar-refractivity contribution < 1.29 is 0 Å². The molecular weight excluding hydrogens is 425 g/mol. The van der Waals surface area contributed by atoms with Crippen LogP contribution in [0.3, 0.4) is 0 Å². The van der Waals surface area contributed by atoms with E-state index in [-0.39, 0.29) is 24.0 Å². The Balaban J connectivity index is 0.00000225. The molecule has 2 fully saturated rings. The molecule has 1 saturated heterocycles. The lowest BCUT2D eigenvalue weighted by atomic mass is 10.1. The molecule has 1 aliphatic carbocycles. The Labute approximate surface area is 167 Å². The van der Waals surface area contributed by atoms with Gasteiger partial charge in [-0.25, -0.2) is 4.99 Å². The number of hydrogen-bond acceptors (Lipinski definition) is 3. The molecule has 1 aliphatic heterocycles. The van der Waals surface area contributed by atoms with E-state index in [1.54, 1.807) is 0 Å². The smallest absolute Gasteiger partial charge is 0.191 e. The van der Waals surface area contributed by atoms with Crippen molar-refractivity contribution in [3.05, 3.63) is 35.4 Å². The summed E-state index contributed by atoms with van der Waals surface area (Å²) in [6, 6.07) is 11.2. The molecule has 25 heavy (non-hydrogen) atoms. The summed E-state index contributed by atoms with van der Waals surface area (Å²) in [6.07, 6.45) is 5.16. The summed E-state index contributed by atoms with van der Waals surface area (Å²) in [7, 11) is 0. The van der Waals surface area contributed by atoms with Crippen LogP contribution in [0.1, 0.15) is 43.7 Å². The van der Waals surface area contributed by atoms with E-state index in [4.69, 9.17) is 10.3 Å². The number of halogens is 1. The minimum absolute atomic E-state index is 0. The van der Waals surface area contributed by atoms with Crippen molar-refractivity contribution in [3.63, 3.8) is 0 Å². The molecule has 0 spiro atoms. The van der Waals surface area contributed by atoms with Crippen molar-refractivity contribution in [2.24, 2.45) is 4.99 Å². The minimum atomic E-state index is 0. The summed E-state index contributed by atoms with van der Waals surface area (Å²) < 4.78 is 0. The summed E-state index contributed by atoms with van der Waals surface area (Å²) in [5.41, 5.74) is 1.75. The van der Waals surface area contributed by atoms with Crippen LogP contribution in [0, 0.1) is 11.3 Å². The van der Waals surface area contributed by atoms with Gasteiger partial charge in [-0.2, -0.15) is 5.26 Å². The van der Waals surface area contributed by atoms with Gasteiger partial charge in [-0.05, 0) is 50.3 Å². The highest BCUT2D eigenvalue weighted by atomic mass is 127. The van der Waals surface area contributed by atoms with Gasteiger partial charge in [0.15, 0.2) is 5.96 Å². The molecule has 3 rings (SSSR count). The number of rotatable bonds is 5. The van der Waals surface area contributed by atoms with Crippen molar-refractivity contribution >= 4 is 29.9 Å². The number of aliphatic imine (C=N–C) groups is 1. The van der Waals surface area contributed by atoms with Crippen LogP contribution in [-0.4, -0.2) is 42.6 Å². The normalized spacial score (nSPS) is 19.0. The van der Waals surface area contributed by atoms with Crippen molar-refractivity contribution in [1.29, 1.82) is 5.26 Å². The molecule has 0 aromatic heterocycles. The van der Waals surface area contributed by atoms with E-state index >= 15 is 0 Å². The predicted octanol–water partition coefficient (Wildman–Crippen LogP) is 2.86. The lowest BCUT2D eigenvalue weighted by Gasteiger charge is -2.33. The third-order valence-electron chi connectivity index (χ3n) is 4.75. The molecule has 1 heterocycles. The SMILES string of the molecule is CCNC(=NCc1cccc(C#N)c1)NC1CCN(C2CC2)CC1.I. The Hall–Kier alpha value is -1.33. The topological polar surface area (TPSA) is 63.5 Å². The first kappa shape index (κ1) is 20.0. The number of piperidine rings is 1. The molecule has 0 unspecified atom stereocenters. The number of likely N-dealkylation sites (tertiary alicyclic amines) is 1. The van der Waals surface area contributed by atoms with Gasteiger partial charge in [-0.3, -0.25) is 0 Å². The Kier molecular flexibility index (Phi) is 7.97. The zero-order valence-electron chi connectivity index (χ0n) is 14.9. The van der Waals surface area contributed by atoms with Gasteiger partial charge in [0.1, 0.15) is 0 Å². The van der Waals surface area contributed by atoms with Crippen LogP contribution in [0.25, 0.3) is 0 Å². The minimum Gasteiger partial charge on any atom is -0.357 e. The molecule has 1 aromatic carbocycles. The first-order valence-electron chi connectivity index (χ1n) is 9.06. The predicted molar refractivity (Wildman–Crippen MR) is 112 cm³/mol. The van der Waals surface area contributed by atoms with Crippen molar-refractivity contribution in [1.82, 2.24) is 15.5 Å². The Morgan fingerprint density at radius 3 is 2.68 bits per heavy atom. The zero-order valence-corrected chi connectivity index (χ0v) is 17.2. The molecule has 5 nitrogen and oxygen atoms in total. The van der Waals surface area contributed by atoms with E-state index < -0.39 is 0 Å². The van der Waals surface area contributed by atoms with Crippen molar-refractivity contribution in [2.75, 3.05) is 19.6 Å². The standard InChI is InChI=1S/C19H27N5.HI/c1-2-21-19(22-14-16-5-3-4-15(12-16)13-20)23-17-8-10-24(11-9-17)18-6-7-18;/h3-5,12,17-18H,2,6-11,14H2,1H3,(H2,21,22,23);1H. The van der Waals surface area contributed by atoms with Gasteiger partial charge in [0.2, 0.25) is 0 Å². The molecule has 0 radical (unpaired) electrons. The fraction of sp³-hybridized carbons (Fsp3) is 0.579. The lowest BCUT2D eigenvalue weighted by Crippen LogP contribution is -2.49.